The fourth-order valence-electron chi connectivity index (χ4n) is 5.92. The number of ether oxygens (including phenoxy) is 1. The third-order valence-electron chi connectivity index (χ3n) is 5.94. The lowest BCUT2D eigenvalue weighted by Crippen LogP contribution is -2.60. The maximum absolute atomic E-state index is 11.7. The molecule has 2 unspecified atom stereocenters. The van der Waals surface area contributed by atoms with Crippen LogP contribution in [-0.4, -0.2) is 36.0 Å². The Hall–Kier alpha value is -0.870. The second-order valence-corrected chi connectivity index (χ2v) is 8.18. The van der Waals surface area contributed by atoms with Gasteiger partial charge in [0.15, 0.2) is 0 Å². The van der Waals surface area contributed by atoms with E-state index in [1.165, 1.54) is 0 Å². The number of rotatable bonds is 5. The van der Waals surface area contributed by atoms with Crippen molar-refractivity contribution in [3.05, 3.63) is 12.2 Å². The third kappa shape index (κ3) is 2.42. The van der Waals surface area contributed by atoms with Crippen molar-refractivity contribution in [3.8, 4) is 0 Å². The van der Waals surface area contributed by atoms with Crippen LogP contribution in [0.3, 0.4) is 0 Å². The lowest BCUT2D eigenvalue weighted by atomic mass is 9.40. The molecular formula is C17H26O4. The summed E-state index contributed by atoms with van der Waals surface area (Å²) in [5.41, 5.74) is 0.222. The van der Waals surface area contributed by atoms with E-state index in [1.54, 1.807) is 6.92 Å². The number of aliphatic hydroxyl groups is 2. The van der Waals surface area contributed by atoms with Crippen LogP contribution in [0, 0.1) is 22.2 Å². The molecule has 4 saturated carbocycles. The summed E-state index contributed by atoms with van der Waals surface area (Å²) in [6, 6.07) is 0. The van der Waals surface area contributed by atoms with Gasteiger partial charge in [0.05, 0.1) is 6.61 Å². The normalized spacial score (nSPS) is 43.9. The van der Waals surface area contributed by atoms with Gasteiger partial charge >= 0.3 is 5.97 Å². The summed E-state index contributed by atoms with van der Waals surface area (Å²) in [4.78, 5) is 11.7. The van der Waals surface area contributed by atoms with E-state index in [-0.39, 0.29) is 35.4 Å². The molecule has 2 N–H and O–H groups in total. The molecule has 4 rings (SSSR count). The van der Waals surface area contributed by atoms with Crippen LogP contribution in [-0.2, 0) is 9.53 Å². The molecule has 4 nitrogen and oxygen atoms in total. The summed E-state index contributed by atoms with van der Waals surface area (Å²) < 4.78 is 5.47. The number of esters is 1. The molecule has 4 bridgehead atoms. The van der Waals surface area contributed by atoms with Crippen molar-refractivity contribution in [1.29, 1.82) is 0 Å². The van der Waals surface area contributed by atoms with E-state index in [4.69, 9.17) is 4.74 Å². The van der Waals surface area contributed by atoms with Crippen LogP contribution in [0.15, 0.2) is 12.2 Å². The van der Waals surface area contributed by atoms with Crippen LogP contribution < -0.4 is 0 Å². The number of aliphatic hydroxyl groups excluding tert-OH is 2. The van der Waals surface area contributed by atoms with Crippen molar-refractivity contribution in [1.82, 2.24) is 0 Å². The molecule has 0 aromatic heterocycles. The van der Waals surface area contributed by atoms with Crippen LogP contribution in [0.1, 0.15) is 45.4 Å². The molecule has 4 heteroatoms. The molecule has 4 aliphatic carbocycles. The first-order chi connectivity index (χ1) is 9.86. The van der Waals surface area contributed by atoms with E-state index < -0.39 is 0 Å². The van der Waals surface area contributed by atoms with Crippen molar-refractivity contribution >= 4 is 5.97 Å². The standard InChI is InChI=1S/C17H26O4/c1-12(2)14(20)21-11-17-5-13-3-15(7-17,9-18)6-16(4-13,8-17)10-19/h13,18-19H,1,3-11H2,2H3. The van der Waals surface area contributed by atoms with E-state index in [2.05, 4.69) is 6.58 Å². The molecule has 0 spiro atoms. The van der Waals surface area contributed by atoms with E-state index in [1.807, 2.05) is 0 Å². The highest BCUT2D eigenvalue weighted by Crippen LogP contribution is 2.69. The summed E-state index contributed by atoms with van der Waals surface area (Å²) >= 11 is 0. The number of hydrogen-bond acceptors (Lipinski definition) is 4. The van der Waals surface area contributed by atoms with Crippen LogP contribution in [0.4, 0.5) is 0 Å². The molecule has 0 saturated heterocycles. The first-order valence-electron chi connectivity index (χ1n) is 7.90. The summed E-state index contributed by atoms with van der Waals surface area (Å²) in [6.07, 6.45) is 5.92. The Morgan fingerprint density at radius 2 is 1.57 bits per heavy atom. The van der Waals surface area contributed by atoms with Crippen LogP contribution in [0.5, 0.6) is 0 Å². The molecule has 0 aliphatic heterocycles. The Balaban J connectivity index is 1.82. The zero-order valence-corrected chi connectivity index (χ0v) is 12.9. The van der Waals surface area contributed by atoms with Gasteiger partial charge in [-0.1, -0.05) is 6.58 Å². The topological polar surface area (TPSA) is 66.8 Å². The van der Waals surface area contributed by atoms with E-state index >= 15 is 0 Å². The number of carbonyl (C=O) groups excluding carboxylic acids is 1. The van der Waals surface area contributed by atoms with E-state index in [0.717, 1.165) is 38.5 Å². The maximum atomic E-state index is 11.7. The fourth-order valence-corrected chi connectivity index (χ4v) is 5.92. The molecule has 2 atom stereocenters. The van der Waals surface area contributed by atoms with Crippen molar-refractivity contribution in [2.75, 3.05) is 19.8 Å². The van der Waals surface area contributed by atoms with E-state index in [0.29, 0.717) is 18.1 Å². The van der Waals surface area contributed by atoms with Crippen LogP contribution >= 0.6 is 0 Å². The van der Waals surface area contributed by atoms with Gasteiger partial charge in [-0.25, -0.2) is 4.79 Å². The smallest absolute Gasteiger partial charge is 0.333 e. The number of hydrogen-bond donors (Lipinski definition) is 2. The SMILES string of the molecule is C=C(C)C(=O)OCC12CC3CC(CO)(CC(CO)(C3)C1)C2. The second kappa shape index (κ2) is 4.82. The van der Waals surface area contributed by atoms with E-state index in [9.17, 15) is 15.0 Å². The van der Waals surface area contributed by atoms with Gasteiger partial charge in [-0.05, 0) is 62.2 Å². The average molecular weight is 294 g/mol. The minimum atomic E-state index is -0.332. The molecule has 0 heterocycles. The zero-order chi connectivity index (χ0) is 15.3. The van der Waals surface area contributed by atoms with Gasteiger partial charge < -0.3 is 14.9 Å². The van der Waals surface area contributed by atoms with Gasteiger partial charge in [0.1, 0.15) is 0 Å². The van der Waals surface area contributed by atoms with Gasteiger partial charge in [-0.15, -0.1) is 0 Å². The molecule has 0 aromatic carbocycles. The maximum Gasteiger partial charge on any atom is 0.333 e. The van der Waals surface area contributed by atoms with Crippen molar-refractivity contribution in [3.63, 3.8) is 0 Å². The predicted octanol–water partition coefficient (Wildman–Crippen LogP) is 2.05. The molecule has 118 valence electrons. The molecule has 0 amide bonds. The molecule has 4 aliphatic rings. The van der Waals surface area contributed by atoms with Crippen molar-refractivity contribution < 1.29 is 19.7 Å². The Morgan fingerprint density at radius 3 is 2.05 bits per heavy atom. The lowest BCUT2D eigenvalue weighted by molar-refractivity contribution is -0.202. The van der Waals surface area contributed by atoms with Gasteiger partial charge in [0.2, 0.25) is 0 Å². The summed E-state index contributed by atoms with van der Waals surface area (Å²) in [5.74, 6) is 0.214. The number of carbonyl (C=O) groups is 1. The minimum absolute atomic E-state index is 0.0595. The van der Waals surface area contributed by atoms with Crippen LogP contribution in [0.25, 0.3) is 0 Å². The predicted molar refractivity (Wildman–Crippen MR) is 78.4 cm³/mol. The molecule has 21 heavy (non-hydrogen) atoms. The van der Waals surface area contributed by atoms with Crippen molar-refractivity contribution in [2.45, 2.75) is 45.4 Å². The Morgan fingerprint density at radius 1 is 1.10 bits per heavy atom. The third-order valence-corrected chi connectivity index (χ3v) is 5.94. The highest BCUT2D eigenvalue weighted by molar-refractivity contribution is 5.86. The van der Waals surface area contributed by atoms with Crippen molar-refractivity contribution in [2.24, 2.45) is 22.2 Å². The Kier molecular flexibility index (Phi) is 3.45. The van der Waals surface area contributed by atoms with Gasteiger partial charge in [0.25, 0.3) is 0 Å². The fraction of sp³-hybridized carbons (Fsp3) is 0.824. The summed E-state index contributed by atoms with van der Waals surface area (Å²) in [7, 11) is 0. The Labute approximate surface area is 126 Å². The molecule has 0 aromatic rings. The van der Waals surface area contributed by atoms with Gasteiger partial charge in [-0.2, -0.15) is 0 Å². The summed E-state index contributed by atoms with van der Waals surface area (Å²) in [5, 5.41) is 19.8. The first kappa shape index (κ1) is 15.0. The molecule has 4 fully saturated rings. The van der Waals surface area contributed by atoms with Crippen LogP contribution in [0.2, 0.25) is 0 Å². The van der Waals surface area contributed by atoms with Gasteiger partial charge in [-0.3, -0.25) is 0 Å². The zero-order valence-electron chi connectivity index (χ0n) is 12.9. The monoisotopic (exact) mass is 294 g/mol. The molecule has 0 radical (unpaired) electrons. The first-order valence-corrected chi connectivity index (χ1v) is 7.90. The largest absolute Gasteiger partial charge is 0.462 e. The summed E-state index contributed by atoms with van der Waals surface area (Å²) in [6.45, 7) is 6.05. The highest BCUT2D eigenvalue weighted by Gasteiger charge is 2.63. The average Bonchev–Trinajstić information content (AvgIpc) is 2.43. The lowest BCUT2D eigenvalue weighted by Gasteiger charge is -2.65. The Bertz CT molecular complexity index is 449. The highest BCUT2D eigenvalue weighted by atomic mass is 16.5. The minimum Gasteiger partial charge on any atom is -0.462 e. The molecular weight excluding hydrogens is 268 g/mol. The van der Waals surface area contributed by atoms with Gasteiger partial charge in [0, 0.05) is 24.2 Å². The quantitative estimate of drug-likeness (QED) is 0.601. The second-order valence-electron chi connectivity index (χ2n) is 8.18.